The van der Waals surface area contributed by atoms with Gasteiger partial charge in [0.25, 0.3) is 0 Å². The molecule has 5 nitrogen and oxygen atoms in total. The highest BCUT2D eigenvalue weighted by Gasteiger charge is 2.07. The first-order valence-electron chi connectivity index (χ1n) is 8.43. The van der Waals surface area contributed by atoms with Crippen molar-refractivity contribution in [3.05, 3.63) is 52.2 Å². The molecule has 0 bridgehead atoms. The first kappa shape index (κ1) is 19.0. The summed E-state index contributed by atoms with van der Waals surface area (Å²) in [5.74, 6) is 1.22. The molecule has 0 aliphatic heterocycles. The number of guanidine groups is 1. The number of amides is 1. The van der Waals surface area contributed by atoms with Gasteiger partial charge in [-0.15, -0.1) is 11.3 Å². The molecule has 1 unspecified atom stereocenters. The summed E-state index contributed by atoms with van der Waals surface area (Å²) in [6.07, 6.45) is 0.890. The van der Waals surface area contributed by atoms with E-state index in [0.29, 0.717) is 5.92 Å². The molecule has 0 fully saturated rings. The molecule has 2 rings (SSSR count). The number of benzene rings is 1. The SMILES string of the molecule is CN=C(NCCc1ccc(NC(C)=O)cc1)NCC(C)c1cccs1. The Morgan fingerprint density at radius 1 is 1.20 bits per heavy atom. The minimum atomic E-state index is -0.0546. The van der Waals surface area contributed by atoms with Gasteiger partial charge in [0, 0.05) is 43.5 Å². The summed E-state index contributed by atoms with van der Waals surface area (Å²) in [4.78, 5) is 16.7. The fourth-order valence-corrected chi connectivity index (χ4v) is 3.21. The van der Waals surface area contributed by atoms with Crippen LogP contribution in [0.1, 0.15) is 30.2 Å². The Balaban J connectivity index is 1.72. The third kappa shape index (κ3) is 6.58. The molecule has 1 atom stereocenters. The highest BCUT2D eigenvalue weighted by atomic mass is 32.1. The zero-order valence-electron chi connectivity index (χ0n) is 15.0. The molecule has 6 heteroatoms. The molecule has 0 radical (unpaired) electrons. The fourth-order valence-electron chi connectivity index (χ4n) is 2.43. The Hall–Kier alpha value is -2.34. The van der Waals surface area contributed by atoms with Gasteiger partial charge < -0.3 is 16.0 Å². The van der Waals surface area contributed by atoms with Crippen LogP contribution in [-0.2, 0) is 11.2 Å². The van der Waals surface area contributed by atoms with Gasteiger partial charge in [0.1, 0.15) is 0 Å². The van der Waals surface area contributed by atoms with Gasteiger partial charge in [0.15, 0.2) is 5.96 Å². The number of carbonyl (C=O) groups is 1. The number of anilines is 1. The molecule has 1 heterocycles. The topological polar surface area (TPSA) is 65.5 Å². The first-order valence-corrected chi connectivity index (χ1v) is 9.31. The molecule has 0 saturated heterocycles. The van der Waals surface area contributed by atoms with E-state index in [0.717, 1.165) is 31.2 Å². The lowest BCUT2D eigenvalue weighted by molar-refractivity contribution is -0.114. The van der Waals surface area contributed by atoms with E-state index in [1.807, 2.05) is 24.3 Å². The van der Waals surface area contributed by atoms with Crippen molar-refractivity contribution in [3.63, 3.8) is 0 Å². The number of rotatable bonds is 7. The molecule has 0 saturated carbocycles. The maximum Gasteiger partial charge on any atom is 0.221 e. The van der Waals surface area contributed by atoms with E-state index < -0.39 is 0 Å². The zero-order chi connectivity index (χ0) is 18.1. The van der Waals surface area contributed by atoms with Gasteiger partial charge in [0.2, 0.25) is 5.91 Å². The normalized spacial score (nSPS) is 12.5. The highest BCUT2D eigenvalue weighted by Crippen LogP contribution is 2.19. The third-order valence-electron chi connectivity index (χ3n) is 3.81. The van der Waals surface area contributed by atoms with E-state index in [4.69, 9.17) is 0 Å². The van der Waals surface area contributed by atoms with Crippen molar-refractivity contribution < 1.29 is 4.79 Å². The van der Waals surface area contributed by atoms with Gasteiger partial charge in [-0.1, -0.05) is 25.1 Å². The summed E-state index contributed by atoms with van der Waals surface area (Å²) in [6.45, 7) is 5.37. The summed E-state index contributed by atoms with van der Waals surface area (Å²) >= 11 is 1.78. The number of aliphatic imine (C=N–C) groups is 1. The lowest BCUT2D eigenvalue weighted by Crippen LogP contribution is -2.39. The van der Waals surface area contributed by atoms with Crippen LogP contribution in [0.2, 0.25) is 0 Å². The van der Waals surface area contributed by atoms with Crippen molar-refractivity contribution in [2.75, 3.05) is 25.5 Å². The molecule has 3 N–H and O–H groups in total. The molecule has 1 aromatic carbocycles. The standard InChI is InChI=1S/C19H26N4OS/c1-14(18-5-4-12-25-18)13-22-19(20-3)21-11-10-16-6-8-17(9-7-16)23-15(2)24/h4-9,12,14H,10-11,13H2,1-3H3,(H,23,24)(H2,20,21,22). The first-order chi connectivity index (χ1) is 12.1. The number of carbonyl (C=O) groups excluding carboxylic acids is 1. The zero-order valence-corrected chi connectivity index (χ0v) is 15.8. The number of nitrogens with zero attached hydrogens (tertiary/aromatic N) is 1. The van der Waals surface area contributed by atoms with Crippen LogP contribution in [0.3, 0.4) is 0 Å². The fraction of sp³-hybridized carbons (Fsp3) is 0.368. The number of nitrogens with one attached hydrogen (secondary N) is 3. The second kappa shape index (κ2) is 9.84. The molecular weight excluding hydrogens is 332 g/mol. The quantitative estimate of drug-likeness (QED) is 0.526. The van der Waals surface area contributed by atoms with Crippen molar-refractivity contribution in [1.29, 1.82) is 0 Å². The van der Waals surface area contributed by atoms with Crippen LogP contribution in [0.5, 0.6) is 0 Å². The Morgan fingerprint density at radius 3 is 2.56 bits per heavy atom. The molecule has 0 aliphatic rings. The second-order valence-corrected chi connectivity index (χ2v) is 6.90. The van der Waals surface area contributed by atoms with E-state index in [2.05, 4.69) is 45.4 Å². The summed E-state index contributed by atoms with van der Waals surface area (Å²) in [5, 5.41) is 11.6. The van der Waals surface area contributed by atoms with E-state index in [1.165, 1.54) is 17.4 Å². The molecule has 0 spiro atoms. The smallest absolute Gasteiger partial charge is 0.221 e. The van der Waals surface area contributed by atoms with Crippen LogP contribution in [0.15, 0.2) is 46.8 Å². The van der Waals surface area contributed by atoms with E-state index in [1.54, 1.807) is 18.4 Å². The summed E-state index contributed by atoms with van der Waals surface area (Å²) in [7, 11) is 1.79. The monoisotopic (exact) mass is 358 g/mol. The minimum Gasteiger partial charge on any atom is -0.356 e. The largest absolute Gasteiger partial charge is 0.356 e. The summed E-state index contributed by atoms with van der Waals surface area (Å²) in [5.41, 5.74) is 2.04. The van der Waals surface area contributed by atoms with Crippen LogP contribution in [0.4, 0.5) is 5.69 Å². The molecule has 0 aliphatic carbocycles. The highest BCUT2D eigenvalue weighted by molar-refractivity contribution is 7.10. The van der Waals surface area contributed by atoms with Crippen molar-refractivity contribution in [3.8, 4) is 0 Å². The van der Waals surface area contributed by atoms with Gasteiger partial charge in [0.05, 0.1) is 0 Å². The molecule has 25 heavy (non-hydrogen) atoms. The number of thiophene rings is 1. The summed E-state index contributed by atoms with van der Waals surface area (Å²) < 4.78 is 0. The van der Waals surface area contributed by atoms with Crippen molar-refractivity contribution >= 4 is 28.9 Å². The Morgan fingerprint density at radius 2 is 1.96 bits per heavy atom. The van der Waals surface area contributed by atoms with Crippen molar-refractivity contribution in [1.82, 2.24) is 10.6 Å². The number of hydrogen-bond donors (Lipinski definition) is 3. The second-order valence-electron chi connectivity index (χ2n) is 5.92. The number of hydrogen-bond acceptors (Lipinski definition) is 3. The minimum absolute atomic E-state index is 0.0546. The van der Waals surface area contributed by atoms with Gasteiger partial charge in [-0.25, -0.2) is 0 Å². The third-order valence-corrected chi connectivity index (χ3v) is 4.91. The average molecular weight is 359 g/mol. The predicted molar refractivity (Wildman–Crippen MR) is 107 cm³/mol. The van der Waals surface area contributed by atoms with Crippen molar-refractivity contribution in [2.45, 2.75) is 26.2 Å². The van der Waals surface area contributed by atoms with Gasteiger partial charge in [-0.3, -0.25) is 9.79 Å². The maximum atomic E-state index is 11.0. The maximum absolute atomic E-state index is 11.0. The van der Waals surface area contributed by atoms with Crippen LogP contribution < -0.4 is 16.0 Å². The van der Waals surface area contributed by atoms with Gasteiger partial charge >= 0.3 is 0 Å². The van der Waals surface area contributed by atoms with Crippen LogP contribution in [0.25, 0.3) is 0 Å². The molecular formula is C19H26N4OS. The predicted octanol–water partition coefficient (Wildman–Crippen LogP) is 3.22. The Bertz CT molecular complexity index is 680. The Kier molecular flexibility index (Phi) is 7.47. The molecule has 1 amide bonds. The van der Waals surface area contributed by atoms with Gasteiger partial charge in [-0.2, -0.15) is 0 Å². The molecule has 2 aromatic rings. The van der Waals surface area contributed by atoms with Gasteiger partial charge in [-0.05, 0) is 35.6 Å². The van der Waals surface area contributed by atoms with E-state index in [-0.39, 0.29) is 5.91 Å². The molecule has 134 valence electrons. The Labute approximate surface area is 153 Å². The van der Waals surface area contributed by atoms with Crippen molar-refractivity contribution in [2.24, 2.45) is 4.99 Å². The van der Waals surface area contributed by atoms with E-state index >= 15 is 0 Å². The van der Waals surface area contributed by atoms with E-state index in [9.17, 15) is 4.79 Å². The van der Waals surface area contributed by atoms with Crippen LogP contribution in [0, 0.1) is 0 Å². The molecule has 1 aromatic heterocycles. The lowest BCUT2D eigenvalue weighted by Gasteiger charge is -2.15. The average Bonchev–Trinajstić information content (AvgIpc) is 3.13. The van der Waals surface area contributed by atoms with Crippen LogP contribution >= 0.6 is 11.3 Å². The lowest BCUT2D eigenvalue weighted by atomic mass is 10.1. The summed E-state index contributed by atoms with van der Waals surface area (Å²) in [6, 6.07) is 12.2. The van der Waals surface area contributed by atoms with Crippen LogP contribution in [-0.4, -0.2) is 32.0 Å².